The number of rotatable bonds is 2. The maximum absolute atomic E-state index is 14.2. The molecule has 0 saturated carbocycles. The van der Waals surface area contributed by atoms with Gasteiger partial charge in [0.1, 0.15) is 30.3 Å². The first-order valence-corrected chi connectivity index (χ1v) is 6.67. The van der Waals surface area contributed by atoms with Crippen LogP contribution in [-0.2, 0) is 4.79 Å². The number of aliphatic hydroxyl groups excluding tert-OH is 1. The molecular weight excluding hydrogens is 297 g/mol. The number of hydrogen-bond donors (Lipinski definition) is 1. The molecule has 108 valence electrons. The maximum atomic E-state index is 14.2. The summed E-state index contributed by atoms with van der Waals surface area (Å²) in [6, 6.07) is 3.61. The smallest absolute Gasteiger partial charge is 0.159 e. The van der Waals surface area contributed by atoms with Crippen molar-refractivity contribution in [1.82, 2.24) is 14.8 Å². The molecule has 7 heteroatoms. The molecule has 2 atom stereocenters. The van der Waals surface area contributed by atoms with E-state index < -0.39 is 17.8 Å². The van der Waals surface area contributed by atoms with Crippen LogP contribution in [0, 0.1) is 5.82 Å². The van der Waals surface area contributed by atoms with E-state index in [1.165, 1.54) is 29.5 Å². The second-order valence-corrected chi connectivity index (χ2v) is 5.21. The highest BCUT2D eigenvalue weighted by atomic mass is 35.5. The average molecular weight is 308 g/mol. The van der Waals surface area contributed by atoms with Crippen LogP contribution in [0.3, 0.4) is 0 Å². The molecule has 0 saturated heterocycles. The third-order valence-electron chi connectivity index (χ3n) is 3.51. The number of hydrogen-bond acceptors (Lipinski definition) is 4. The van der Waals surface area contributed by atoms with Crippen molar-refractivity contribution in [2.45, 2.75) is 18.4 Å². The lowest BCUT2D eigenvalue weighted by Crippen LogP contribution is -2.27. The topological polar surface area (TPSA) is 68.0 Å². The molecule has 0 aliphatic heterocycles. The van der Waals surface area contributed by atoms with Gasteiger partial charge in [0.15, 0.2) is 5.78 Å². The lowest BCUT2D eigenvalue weighted by molar-refractivity contribution is -0.116. The van der Waals surface area contributed by atoms with E-state index in [1.54, 1.807) is 6.07 Å². The summed E-state index contributed by atoms with van der Waals surface area (Å²) in [5.74, 6) is -1.62. The normalized spacial score (nSPS) is 22.2. The molecule has 0 bridgehead atoms. The van der Waals surface area contributed by atoms with Crippen LogP contribution in [0.1, 0.15) is 23.9 Å². The summed E-state index contributed by atoms with van der Waals surface area (Å²) in [5.41, 5.74) is 0.202. The number of ketones is 1. The summed E-state index contributed by atoms with van der Waals surface area (Å²) < 4.78 is 15.6. The van der Waals surface area contributed by atoms with Crippen molar-refractivity contribution in [2.24, 2.45) is 0 Å². The first kappa shape index (κ1) is 13.8. The highest BCUT2D eigenvalue weighted by Gasteiger charge is 2.37. The van der Waals surface area contributed by atoms with Crippen molar-refractivity contribution >= 4 is 17.4 Å². The van der Waals surface area contributed by atoms with E-state index in [0.29, 0.717) is 0 Å². The molecule has 0 fully saturated rings. The lowest BCUT2D eigenvalue weighted by atomic mass is 9.82. The van der Waals surface area contributed by atoms with Crippen molar-refractivity contribution in [3.8, 4) is 0 Å². The zero-order chi connectivity index (χ0) is 15.0. The SMILES string of the molecule is O=C1C=C(O)[C@@H](n2cncn2)[C@@H](c2c(F)cccc2Cl)C1. The van der Waals surface area contributed by atoms with Crippen LogP contribution >= 0.6 is 11.6 Å². The number of benzene rings is 1. The van der Waals surface area contributed by atoms with Gasteiger partial charge in [-0.05, 0) is 12.1 Å². The Labute approximate surface area is 124 Å². The van der Waals surface area contributed by atoms with Gasteiger partial charge in [-0.2, -0.15) is 5.10 Å². The lowest BCUT2D eigenvalue weighted by Gasteiger charge is -2.30. The Morgan fingerprint density at radius 1 is 1.43 bits per heavy atom. The van der Waals surface area contributed by atoms with Crippen molar-refractivity contribution < 1.29 is 14.3 Å². The molecule has 5 nitrogen and oxygen atoms in total. The molecule has 1 aliphatic rings. The second kappa shape index (κ2) is 5.29. The van der Waals surface area contributed by atoms with Gasteiger partial charge in [-0.3, -0.25) is 4.79 Å². The zero-order valence-electron chi connectivity index (χ0n) is 10.8. The standard InChI is InChI=1S/C14H11ClFN3O2/c15-10-2-1-3-11(16)13(10)9-4-8(20)5-12(21)14(9)19-7-17-6-18-19/h1-3,5-7,9,14,21H,4H2/t9-,14+/m1/s1. The van der Waals surface area contributed by atoms with E-state index in [2.05, 4.69) is 10.1 Å². The van der Waals surface area contributed by atoms with E-state index in [4.69, 9.17) is 11.6 Å². The molecular formula is C14H11ClFN3O2. The Balaban J connectivity index is 2.15. The van der Waals surface area contributed by atoms with Gasteiger partial charge in [0.25, 0.3) is 0 Å². The zero-order valence-corrected chi connectivity index (χ0v) is 11.5. The third kappa shape index (κ3) is 2.42. The van der Waals surface area contributed by atoms with E-state index >= 15 is 0 Å². The fourth-order valence-corrected chi connectivity index (χ4v) is 2.95. The number of aromatic nitrogens is 3. The van der Waals surface area contributed by atoms with Gasteiger partial charge >= 0.3 is 0 Å². The number of carbonyl (C=O) groups is 1. The summed E-state index contributed by atoms with van der Waals surface area (Å²) in [6.45, 7) is 0. The van der Waals surface area contributed by atoms with Gasteiger partial charge in [-0.25, -0.2) is 14.1 Å². The summed E-state index contributed by atoms with van der Waals surface area (Å²) in [5, 5.41) is 14.3. The number of aliphatic hydroxyl groups is 1. The predicted octanol–water partition coefficient (Wildman–Crippen LogP) is 2.81. The number of nitrogens with zero attached hydrogens (tertiary/aromatic N) is 3. The Bertz CT molecular complexity index is 695. The minimum Gasteiger partial charge on any atom is -0.510 e. The Morgan fingerprint density at radius 2 is 2.24 bits per heavy atom. The molecule has 1 heterocycles. The Hall–Kier alpha value is -2.21. The van der Waals surface area contributed by atoms with Gasteiger partial charge in [-0.1, -0.05) is 17.7 Å². The van der Waals surface area contributed by atoms with Crippen LogP contribution in [0.25, 0.3) is 0 Å². The molecule has 0 unspecified atom stereocenters. The van der Waals surface area contributed by atoms with Crippen molar-refractivity contribution in [3.05, 3.63) is 59.1 Å². The molecule has 21 heavy (non-hydrogen) atoms. The van der Waals surface area contributed by atoms with Gasteiger partial charge in [0.05, 0.1) is 0 Å². The Kier molecular flexibility index (Phi) is 3.47. The van der Waals surface area contributed by atoms with Gasteiger partial charge in [0.2, 0.25) is 0 Å². The van der Waals surface area contributed by atoms with Gasteiger partial charge in [-0.15, -0.1) is 0 Å². The second-order valence-electron chi connectivity index (χ2n) is 4.80. The number of allylic oxidation sites excluding steroid dienone is 2. The fraction of sp³-hybridized carbons (Fsp3) is 0.214. The van der Waals surface area contributed by atoms with Crippen molar-refractivity contribution in [2.75, 3.05) is 0 Å². The molecule has 0 spiro atoms. The minimum atomic E-state index is -0.709. The van der Waals surface area contributed by atoms with Crippen molar-refractivity contribution in [1.29, 1.82) is 0 Å². The molecule has 1 aromatic carbocycles. The van der Waals surface area contributed by atoms with Gasteiger partial charge in [0, 0.05) is 29.0 Å². The molecule has 2 aromatic rings. The summed E-state index contributed by atoms with van der Waals surface area (Å²) >= 11 is 6.09. The molecule has 1 N–H and O–H groups in total. The van der Waals surface area contributed by atoms with E-state index in [1.807, 2.05) is 0 Å². The van der Waals surface area contributed by atoms with Gasteiger partial charge < -0.3 is 5.11 Å². The monoisotopic (exact) mass is 307 g/mol. The number of halogens is 2. The average Bonchev–Trinajstić information content (AvgIpc) is 2.91. The molecule has 1 aromatic heterocycles. The maximum Gasteiger partial charge on any atom is 0.159 e. The molecule has 1 aliphatic carbocycles. The van der Waals surface area contributed by atoms with Crippen LogP contribution in [0.5, 0.6) is 0 Å². The fourth-order valence-electron chi connectivity index (χ4n) is 2.65. The molecule has 0 amide bonds. The van der Waals surface area contributed by atoms with Crippen LogP contribution in [0.2, 0.25) is 5.02 Å². The first-order chi connectivity index (χ1) is 10.1. The molecule has 3 rings (SSSR count). The first-order valence-electron chi connectivity index (χ1n) is 6.29. The van der Waals surface area contributed by atoms with Crippen LogP contribution in [0.4, 0.5) is 4.39 Å². The van der Waals surface area contributed by atoms with Crippen molar-refractivity contribution in [3.63, 3.8) is 0 Å². The summed E-state index contributed by atoms with van der Waals surface area (Å²) in [6.07, 6.45) is 3.89. The highest BCUT2D eigenvalue weighted by Crippen LogP contribution is 2.42. The minimum absolute atomic E-state index is 0.0369. The summed E-state index contributed by atoms with van der Waals surface area (Å²) in [4.78, 5) is 15.6. The van der Waals surface area contributed by atoms with E-state index in [-0.39, 0.29) is 28.5 Å². The quantitative estimate of drug-likeness (QED) is 0.926. The summed E-state index contributed by atoms with van der Waals surface area (Å²) in [7, 11) is 0. The largest absolute Gasteiger partial charge is 0.510 e. The molecule has 0 radical (unpaired) electrons. The predicted molar refractivity (Wildman–Crippen MR) is 73.5 cm³/mol. The third-order valence-corrected chi connectivity index (χ3v) is 3.84. The van der Waals surface area contributed by atoms with Crippen LogP contribution in [0.15, 0.2) is 42.7 Å². The van der Waals surface area contributed by atoms with Crippen LogP contribution in [-0.4, -0.2) is 25.7 Å². The van der Waals surface area contributed by atoms with Crippen LogP contribution < -0.4 is 0 Å². The highest BCUT2D eigenvalue weighted by molar-refractivity contribution is 6.31. The van der Waals surface area contributed by atoms with E-state index in [0.717, 1.165) is 6.08 Å². The Morgan fingerprint density at radius 3 is 2.90 bits per heavy atom. The van der Waals surface area contributed by atoms with E-state index in [9.17, 15) is 14.3 Å². The number of carbonyl (C=O) groups excluding carboxylic acids is 1.